The van der Waals surface area contributed by atoms with E-state index >= 15 is 0 Å². The topological polar surface area (TPSA) is 43.0 Å². The number of hydrogen-bond acceptors (Lipinski definition) is 5. The Morgan fingerprint density at radius 2 is 1.67 bits per heavy atom. The molecule has 0 aliphatic carbocycles. The Balaban J connectivity index is 1.88. The number of likely N-dealkylation sites (tertiary alicyclic amines) is 1. The summed E-state index contributed by atoms with van der Waals surface area (Å²) in [5.74, 6) is 2.07. The fraction of sp³-hybridized carbons (Fsp3) is 0.684. The first kappa shape index (κ1) is 18.9. The normalized spacial score (nSPS) is 16.2. The van der Waals surface area contributed by atoms with Crippen molar-refractivity contribution in [2.24, 2.45) is 0 Å². The van der Waals surface area contributed by atoms with Crippen molar-refractivity contribution in [1.29, 1.82) is 0 Å². The molecule has 1 heterocycles. The number of unbranched alkanes of at least 4 members (excludes halogenated alkanes) is 1. The van der Waals surface area contributed by atoms with Gasteiger partial charge in [-0.1, -0.05) is 13.3 Å². The van der Waals surface area contributed by atoms with E-state index in [2.05, 4.69) is 17.1 Å². The molecule has 1 aromatic rings. The second-order valence-corrected chi connectivity index (χ2v) is 6.38. The van der Waals surface area contributed by atoms with Crippen molar-refractivity contribution in [1.82, 2.24) is 10.2 Å². The van der Waals surface area contributed by atoms with Crippen molar-refractivity contribution >= 4 is 0 Å². The molecule has 1 aromatic carbocycles. The second kappa shape index (κ2) is 9.74. The Hall–Kier alpha value is -1.46. The molecule has 1 fully saturated rings. The predicted octanol–water partition coefficient (Wildman–Crippen LogP) is 3.07. The molecule has 136 valence electrons. The van der Waals surface area contributed by atoms with Gasteiger partial charge in [0.05, 0.1) is 21.3 Å². The number of nitrogens with zero attached hydrogens (tertiary/aromatic N) is 1. The summed E-state index contributed by atoms with van der Waals surface area (Å²) in [5, 5.41) is 3.68. The maximum absolute atomic E-state index is 5.42. The van der Waals surface area contributed by atoms with Crippen molar-refractivity contribution in [3.63, 3.8) is 0 Å². The van der Waals surface area contributed by atoms with Crippen LogP contribution >= 0.6 is 0 Å². The van der Waals surface area contributed by atoms with E-state index in [9.17, 15) is 0 Å². The fourth-order valence-corrected chi connectivity index (χ4v) is 3.24. The highest BCUT2D eigenvalue weighted by atomic mass is 16.5. The monoisotopic (exact) mass is 336 g/mol. The van der Waals surface area contributed by atoms with Crippen molar-refractivity contribution in [2.45, 2.75) is 45.2 Å². The molecule has 1 N–H and O–H groups in total. The molecule has 1 aliphatic heterocycles. The summed E-state index contributed by atoms with van der Waals surface area (Å²) in [6, 6.07) is 4.62. The first-order chi connectivity index (χ1) is 11.7. The van der Waals surface area contributed by atoms with Crippen LogP contribution in [-0.2, 0) is 6.54 Å². The number of hydrogen-bond donors (Lipinski definition) is 1. The molecule has 1 aliphatic rings. The lowest BCUT2D eigenvalue weighted by atomic mass is 10.0. The van der Waals surface area contributed by atoms with Crippen LogP contribution in [0.4, 0.5) is 0 Å². The Labute approximate surface area is 146 Å². The Morgan fingerprint density at radius 3 is 2.17 bits per heavy atom. The van der Waals surface area contributed by atoms with Crippen LogP contribution in [0.2, 0.25) is 0 Å². The third-order valence-electron chi connectivity index (χ3n) is 4.73. The zero-order chi connectivity index (χ0) is 17.4. The number of nitrogens with one attached hydrogen (secondary N) is 1. The van der Waals surface area contributed by atoms with Crippen LogP contribution in [0.15, 0.2) is 12.1 Å². The van der Waals surface area contributed by atoms with Crippen LogP contribution in [0.3, 0.4) is 0 Å². The molecule has 0 saturated carbocycles. The van der Waals surface area contributed by atoms with E-state index in [1.54, 1.807) is 21.3 Å². The maximum atomic E-state index is 5.42. The Bertz CT molecular complexity index is 474. The third kappa shape index (κ3) is 5.02. The highest BCUT2D eigenvalue weighted by molar-refractivity contribution is 5.53. The summed E-state index contributed by atoms with van der Waals surface area (Å²) < 4.78 is 16.2. The molecule has 1 saturated heterocycles. The standard InChI is InChI=1S/C19H32N2O3/c1-5-6-9-21-10-7-16(8-11-21)20-14-15-12-17(22-2)19(24-4)18(13-15)23-3/h12-13,16,20H,5-11,14H2,1-4H3. The van der Waals surface area contributed by atoms with Crippen molar-refractivity contribution in [2.75, 3.05) is 41.0 Å². The third-order valence-corrected chi connectivity index (χ3v) is 4.73. The van der Waals surface area contributed by atoms with E-state index in [1.165, 1.54) is 45.3 Å². The highest BCUT2D eigenvalue weighted by Gasteiger charge is 2.19. The molecule has 0 unspecified atom stereocenters. The van der Waals surface area contributed by atoms with Gasteiger partial charge in [0, 0.05) is 12.6 Å². The van der Waals surface area contributed by atoms with Crippen molar-refractivity contribution < 1.29 is 14.2 Å². The SMILES string of the molecule is CCCCN1CCC(NCc2cc(OC)c(OC)c(OC)c2)CC1. The van der Waals surface area contributed by atoms with Gasteiger partial charge < -0.3 is 24.4 Å². The minimum absolute atomic E-state index is 0.585. The summed E-state index contributed by atoms with van der Waals surface area (Å²) in [7, 11) is 4.94. The lowest BCUT2D eigenvalue weighted by Crippen LogP contribution is -2.42. The summed E-state index contributed by atoms with van der Waals surface area (Å²) in [5.41, 5.74) is 1.15. The van der Waals surface area contributed by atoms with Crippen LogP contribution in [0.25, 0.3) is 0 Å². The minimum Gasteiger partial charge on any atom is -0.493 e. The molecule has 0 amide bonds. The molecule has 5 nitrogen and oxygen atoms in total. The van der Waals surface area contributed by atoms with Crippen LogP contribution in [0.1, 0.15) is 38.2 Å². The van der Waals surface area contributed by atoms with Gasteiger partial charge in [0.25, 0.3) is 0 Å². The van der Waals surface area contributed by atoms with Gasteiger partial charge in [-0.15, -0.1) is 0 Å². The van der Waals surface area contributed by atoms with Crippen LogP contribution in [0, 0.1) is 0 Å². The van der Waals surface area contributed by atoms with Gasteiger partial charge in [0.15, 0.2) is 11.5 Å². The molecule has 0 atom stereocenters. The van der Waals surface area contributed by atoms with E-state index in [4.69, 9.17) is 14.2 Å². The number of ether oxygens (including phenoxy) is 3. The van der Waals surface area contributed by atoms with Gasteiger partial charge in [-0.2, -0.15) is 0 Å². The quantitative estimate of drug-likeness (QED) is 0.751. The zero-order valence-electron chi connectivity index (χ0n) is 15.6. The second-order valence-electron chi connectivity index (χ2n) is 6.38. The molecule has 2 rings (SSSR count). The average molecular weight is 336 g/mol. The van der Waals surface area contributed by atoms with E-state index in [1.807, 2.05) is 12.1 Å². The molecule has 0 radical (unpaired) electrons. The molecular formula is C19H32N2O3. The molecule has 0 bridgehead atoms. The van der Waals surface area contributed by atoms with E-state index < -0.39 is 0 Å². The van der Waals surface area contributed by atoms with Gasteiger partial charge in [-0.05, 0) is 56.6 Å². The largest absolute Gasteiger partial charge is 0.493 e. The van der Waals surface area contributed by atoms with Crippen molar-refractivity contribution in [3.8, 4) is 17.2 Å². The summed E-state index contributed by atoms with van der Waals surface area (Å²) in [4.78, 5) is 2.58. The van der Waals surface area contributed by atoms with E-state index in [0.29, 0.717) is 23.3 Å². The smallest absolute Gasteiger partial charge is 0.203 e. The average Bonchev–Trinajstić information content (AvgIpc) is 2.64. The van der Waals surface area contributed by atoms with Gasteiger partial charge in [-0.25, -0.2) is 0 Å². The van der Waals surface area contributed by atoms with Gasteiger partial charge >= 0.3 is 0 Å². The van der Waals surface area contributed by atoms with Gasteiger partial charge in [0.1, 0.15) is 0 Å². The first-order valence-electron chi connectivity index (χ1n) is 8.96. The molecule has 0 spiro atoms. The van der Waals surface area contributed by atoms with Crippen LogP contribution < -0.4 is 19.5 Å². The maximum Gasteiger partial charge on any atom is 0.203 e. The number of methoxy groups -OCH3 is 3. The molecule has 0 aromatic heterocycles. The number of benzene rings is 1. The molecular weight excluding hydrogens is 304 g/mol. The zero-order valence-corrected chi connectivity index (χ0v) is 15.6. The summed E-state index contributed by atoms with van der Waals surface area (Å²) in [6.45, 7) is 6.72. The fourth-order valence-electron chi connectivity index (χ4n) is 3.24. The Morgan fingerprint density at radius 1 is 1.04 bits per heavy atom. The summed E-state index contributed by atoms with van der Waals surface area (Å²) in [6.07, 6.45) is 5.02. The lowest BCUT2D eigenvalue weighted by Gasteiger charge is -2.32. The highest BCUT2D eigenvalue weighted by Crippen LogP contribution is 2.38. The van der Waals surface area contributed by atoms with Gasteiger partial charge in [-0.3, -0.25) is 0 Å². The Kier molecular flexibility index (Phi) is 7.66. The van der Waals surface area contributed by atoms with Crippen LogP contribution in [0.5, 0.6) is 17.2 Å². The van der Waals surface area contributed by atoms with E-state index in [-0.39, 0.29) is 0 Å². The lowest BCUT2D eigenvalue weighted by molar-refractivity contribution is 0.195. The summed E-state index contributed by atoms with van der Waals surface area (Å²) >= 11 is 0. The number of rotatable bonds is 9. The predicted molar refractivity (Wildman–Crippen MR) is 97.3 cm³/mol. The van der Waals surface area contributed by atoms with E-state index in [0.717, 1.165) is 12.1 Å². The van der Waals surface area contributed by atoms with Crippen LogP contribution in [-0.4, -0.2) is 51.9 Å². The van der Waals surface area contributed by atoms with Crippen molar-refractivity contribution in [3.05, 3.63) is 17.7 Å². The minimum atomic E-state index is 0.585. The molecule has 5 heteroatoms. The number of piperidine rings is 1. The van der Waals surface area contributed by atoms with Gasteiger partial charge in [0.2, 0.25) is 5.75 Å². The molecule has 24 heavy (non-hydrogen) atoms. The first-order valence-corrected chi connectivity index (χ1v) is 8.96.